The first-order valence-corrected chi connectivity index (χ1v) is 7.23. The molecule has 1 N–H and O–H groups in total. The zero-order valence-electron chi connectivity index (χ0n) is 11.4. The highest BCUT2D eigenvalue weighted by Crippen LogP contribution is 2.15. The lowest BCUT2D eigenvalue weighted by Gasteiger charge is -2.12. The van der Waals surface area contributed by atoms with Gasteiger partial charge in [0.25, 0.3) is 0 Å². The number of rotatable bonds is 1. The third-order valence-electron chi connectivity index (χ3n) is 3.47. The Labute approximate surface area is 111 Å². The van der Waals surface area contributed by atoms with Crippen molar-refractivity contribution in [1.29, 1.82) is 0 Å². The first kappa shape index (κ1) is 13.1. The highest BCUT2D eigenvalue weighted by molar-refractivity contribution is 5.84. The molecule has 0 bridgehead atoms. The molecule has 1 aliphatic heterocycles. The second-order valence-corrected chi connectivity index (χ2v) is 5.19. The van der Waals surface area contributed by atoms with Crippen LogP contribution >= 0.6 is 0 Å². The molecule has 1 aromatic carbocycles. The third kappa shape index (κ3) is 4.52. The van der Waals surface area contributed by atoms with Gasteiger partial charge in [0.15, 0.2) is 0 Å². The van der Waals surface area contributed by atoms with Crippen molar-refractivity contribution >= 4 is 11.5 Å². The topological polar surface area (TPSA) is 24.4 Å². The van der Waals surface area contributed by atoms with Gasteiger partial charge in [0.2, 0.25) is 0 Å². The molecule has 18 heavy (non-hydrogen) atoms. The summed E-state index contributed by atoms with van der Waals surface area (Å²) in [5.41, 5.74) is 2.36. The summed E-state index contributed by atoms with van der Waals surface area (Å²) in [6, 6.07) is 8.45. The molecule has 1 heterocycles. The van der Waals surface area contributed by atoms with Crippen LogP contribution in [0.2, 0.25) is 0 Å². The van der Waals surface area contributed by atoms with E-state index in [4.69, 9.17) is 4.99 Å². The predicted octanol–water partition coefficient (Wildman–Crippen LogP) is 4.36. The molecule has 0 aliphatic carbocycles. The first-order valence-electron chi connectivity index (χ1n) is 7.23. The lowest BCUT2D eigenvalue weighted by Crippen LogP contribution is -2.24. The number of amidine groups is 1. The molecule has 2 nitrogen and oxygen atoms in total. The molecular weight excluding hydrogens is 220 g/mol. The number of hydrogen-bond acceptors (Lipinski definition) is 1. The van der Waals surface area contributed by atoms with Gasteiger partial charge in [-0.1, -0.05) is 43.4 Å². The highest BCUT2D eigenvalue weighted by Gasteiger charge is 2.02. The van der Waals surface area contributed by atoms with Crippen LogP contribution in [0.5, 0.6) is 0 Å². The second-order valence-electron chi connectivity index (χ2n) is 5.19. The predicted molar refractivity (Wildman–Crippen MR) is 78.6 cm³/mol. The van der Waals surface area contributed by atoms with Gasteiger partial charge in [0.05, 0.1) is 5.69 Å². The largest absolute Gasteiger partial charge is 0.374 e. The average molecular weight is 244 g/mol. The quantitative estimate of drug-likeness (QED) is 0.780. The van der Waals surface area contributed by atoms with Crippen LogP contribution in [0.25, 0.3) is 0 Å². The molecule has 0 saturated carbocycles. The van der Waals surface area contributed by atoms with Gasteiger partial charge in [0.1, 0.15) is 5.84 Å². The van der Waals surface area contributed by atoms with Gasteiger partial charge >= 0.3 is 0 Å². The van der Waals surface area contributed by atoms with E-state index in [1.807, 2.05) is 0 Å². The van der Waals surface area contributed by atoms with E-state index in [1.54, 1.807) is 0 Å². The Balaban J connectivity index is 2.00. The number of aryl methyl sites for hydroxylation is 1. The molecule has 98 valence electrons. The molecular formula is C16H24N2. The van der Waals surface area contributed by atoms with E-state index < -0.39 is 0 Å². The Bertz CT molecular complexity index is 367. The van der Waals surface area contributed by atoms with Crippen LogP contribution in [0.1, 0.15) is 50.5 Å². The van der Waals surface area contributed by atoms with Gasteiger partial charge in [-0.2, -0.15) is 0 Å². The van der Waals surface area contributed by atoms with Crippen LogP contribution in [-0.4, -0.2) is 12.4 Å². The Kier molecular flexibility index (Phi) is 5.25. The van der Waals surface area contributed by atoms with Crippen molar-refractivity contribution in [2.75, 3.05) is 6.54 Å². The molecule has 1 fully saturated rings. The van der Waals surface area contributed by atoms with E-state index in [1.165, 1.54) is 49.9 Å². The monoisotopic (exact) mass is 244 g/mol. The lowest BCUT2D eigenvalue weighted by molar-refractivity contribution is 0.578. The Morgan fingerprint density at radius 1 is 0.889 bits per heavy atom. The number of nitrogens with zero attached hydrogens (tertiary/aromatic N) is 1. The van der Waals surface area contributed by atoms with Crippen LogP contribution in [0.15, 0.2) is 29.3 Å². The fraction of sp³-hybridized carbons (Fsp3) is 0.562. The number of nitrogens with one attached hydrogen (secondary N) is 1. The van der Waals surface area contributed by atoms with Crippen LogP contribution in [0.3, 0.4) is 0 Å². The van der Waals surface area contributed by atoms with Gasteiger partial charge < -0.3 is 5.32 Å². The highest BCUT2D eigenvalue weighted by atomic mass is 15.0. The normalized spacial score (nSPS) is 20.4. The number of hydrogen-bond donors (Lipinski definition) is 1. The average Bonchev–Trinajstić information content (AvgIpc) is 2.40. The van der Waals surface area contributed by atoms with Crippen molar-refractivity contribution < 1.29 is 0 Å². The van der Waals surface area contributed by atoms with E-state index in [2.05, 4.69) is 36.5 Å². The molecule has 1 aromatic rings. The minimum atomic E-state index is 1.07. The van der Waals surface area contributed by atoms with Crippen LogP contribution in [0, 0.1) is 6.92 Å². The van der Waals surface area contributed by atoms with E-state index in [0.717, 1.165) is 18.7 Å². The molecule has 0 atom stereocenters. The summed E-state index contributed by atoms with van der Waals surface area (Å²) in [7, 11) is 0. The van der Waals surface area contributed by atoms with Crippen molar-refractivity contribution in [3.8, 4) is 0 Å². The summed E-state index contributed by atoms with van der Waals surface area (Å²) in [6.45, 7) is 3.18. The van der Waals surface area contributed by atoms with Crippen LogP contribution < -0.4 is 5.32 Å². The van der Waals surface area contributed by atoms with Crippen molar-refractivity contribution in [2.24, 2.45) is 4.99 Å². The van der Waals surface area contributed by atoms with Gasteiger partial charge in [-0.3, -0.25) is 0 Å². The molecule has 2 heteroatoms. The number of benzene rings is 1. The zero-order valence-corrected chi connectivity index (χ0v) is 11.4. The van der Waals surface area contributed by atoms with Gasteiger partial charge in [-0.15, -0.1) is 0 Å². The Morgan fingerprint density at radius 3 is 2.33 bits per heavy atom. The SMILES string of the molecule is Cc1ccc(/N=C2\CCCCCCCCN2)cc1. The summed E-state index contributed by atoms with van der Waals surface area (Å²) in [4.78, 5) is 4.74. The van der Waals surface area contributed by atoms with Gasteiger partial charge in [-0.05, 0) is 31.9 Å². The summed E-state index contributed by atoms with van der Waals surface area (Å²) in [6.07, 6.45) is 9.10. The molecule has 1 aliphatic rings. The molecule has 0 radical (unpaired) electrons. The molecule has 0 amide bonds. The minimum Gasteiger partial charge on any atom is -0.374 e. The van der Waals surface area contributed by atoms with Crippen LogP contribution in [-0.2, 0) is 0 Å². The fourth-order valence-electron chi connectivity index (χ4n) is 2.32. The summed E-state index contributed by atoms with van der Waals surface area (Å²) >= 11 is 0. The second kappa shape index (κ2) is 7.20. The molecule has 0 aromatic heterocycles. The third-order valence-corrected chi connectivity index (χ3v) is 3.47. The minimum absolute atomic E-state index is 1.07. The van der Waals surface area contributed by atoms with E-state index in [-0.39, 0.29) is 0 Å². The van der Waals surface area contributed by atoms with E-state index >= 15 is 0 Å². The lowest BCUT2D eigenvalue weighted by atomic mass is 10.1. The van der Waals surface area contributed by atoms with Crippen molar-refractivity contribution in [2.45, 2.75) is 51.9 Å². The maximum absolute atomic E-state index is 4.74. The molecule has 0 unspecified atom stereocenters. The first-order chi connectivity index (χ1) is 8.84. The van der Waals surface area contributed by atoms with Crippen LogP contribution in [0.4, 0.5) is 5.69 Å². The molecule has 2 rings (SSSR count). The zero-order chi connectivity index (χ0) is 12.6. The maximum atomic E-state index is 4.74. The summed E-state index contributed by atoms with van der Waals surface area (Å²) < 4.78 is 0. The smallest absolute Gasteiger partial charge is 0.102 e. The fourth-order valence-corrected chi connectivity index (χ4v) is 2.32. The molecule has 1 saturated heterocycles. The summed E-state index contributed by atoms with van der Waals surface area (Å²) in [5, 5.41) is 3.50. The van der Waals surface area contributed by atoms with E-state index in [0.29, 0.717) is 0 Å². The maximum Gasteiger partial charge on any atom is 0.102 e. The molecule has 0 spiro atoms. The number of aliphatic imine (C=N–C) groups is 1. The Morgan fingerprint density at radius 2 is 1.56 bits per heavy atom. The standard InChI is InChI=1S/C16H24N2/c1-14-9-11-15(12-10-14)18-16-8-6-4-2-3-5-7-13-17-16/h9-12H,2-8,13H2,1H3,(H,17,18). The van der Waals surface area contributed by atoms with Crippen molar-refractivity contribution in [1.82, 2.24) is 5.32 Å². The summed E-state index contributed by atoms with van der Waals surface area (Å²) in [5.74, 6) is 1.17. The van der Waals surface area contributed by atoms with Crippen molar-refractivity contribution in [3.63, 3.8) is 0 Å². The van der Waals surface area contributed by atoms with Gasteiger partial charge in [0, 0.05) is 13.0 Å². The van der Waals surface area contributed by atoms with Gasteiger partial charge in [-0.25, -0.2) is 4.99 Å². The van der Waals surface area contributed by atoms with Crippen molar-refractivity contribution in [3.05, 3.63) is 29.8 Å². The van der Waals surface area contributed by atoms with E-state index in [9.17, 15) is 0 Å². The Hall–Kier alpha value is -1.31.